The first kappa shape index (κ1) is 16.1. The molecular formula is C17H19N3O4S. The molecule has 2 aromatic rings. The summed E-state index contributed by atoms with van der Waals surface area (Å²) in [6.07, 6.45) is 0.808. The van der Waals surface area contributed by atoms with Crippen LogP contribution in [-0.4, -0.2) is 40.7 Å². The van der Waals surface area contributed by atoms with Gasteiger partial charge >= 0.3 is 0 Å². The quantitative estimate of drug-likeness (QED) is 0.848. The number of nitrogens with one attached hydrogen (secondary N) is 1. The molecule has 0 bridgehead atoms. The average Bonchev–Trinajstić information content (AvgIpc) is 3.07. The van der Waals surface area contributed by atoms with E-state index in [4.69, 9.17) is 0 Å². The Morgan fingerprint density at radius 3 is 2.64 bits per heavy atom. The highest BCUT2D eigenvalue weighted by molar-refractivity contribution is 7.91. The molecular weight excluding hydrogens is 342 g/mol. The molecule has 132 valence electrons. The normalized spacial score (nSPS) is 24.8. The van der Waals surface area contributed by atoms with Gasteiger partial charge in [0.05, 0.1) is 23.2 Å². The molecule has 8 heteroatoms. The van der Waals surface area contributed by atoms with Crippen LogP contribution in [0, 0.1) is 6.92 Å². The smallest absolute Gasteiger partial charge is 0.226 e. The summed E-state index contributed by atoms with van der Waals surface area (Å²) < 4.78 is 25.3. The fraction of sp³-hybridized carbons (Fsp3) is 0.412. The van der Waals surface area contributed by atoms with Gasteiger partial charge in [0.1, 0.15) is 11.6 Å². The number of aromatic hydroxyl groups is 1. The zero-order chi connectivity index (χ0) is 17.8. The molecule has 1 aromatic heterocycles. The second kappa shape index (κ2) is 5.59. The van der Waals surface area contributed by atoms with Gasteiger partial charge in [0.25, 0.3) is 0 Å². The molecule has 1 saturated heterocycles. The first-order valence-electron chi connectivity index (χ1n) is 8.22. The minimum absolute atomic E-state index is 0.0559. The zero-order valence-electron chi connectivity index (χ0n) is 13.8. The number of carbonyl (C=O) groups is 1. The Kier molecular flexibility index (Phi) is 3.61. The molecule has 2 aliphatic heterocycles. The maximum absolute atomic E-state index is 12.3. The number of fused-ring (bicyclic) bond motifs is 1. The topological polar surface area (TPSA) is 101 Å². The first-order valence-corrected chi connectivity index (χ1v) is 10.0. The monoisotopic (exact) mass is 361 g/mol. The third-order valence-corrected chi connectivity index (χ3v) is 6.73. The lowest BCUT2D eigenvalue weighted by molar-refractivity contribution is -0.116. The summed E-state index contributed by atoms with van der Waals surface area (Å²) in [7, 11) is -3.05. The molecule has 0 radical (unpaired) electrons. The van der Waals surface area contributed by atoms with Crippen LogP contribution >= 0.6 is 0 Å². The minimum atomic E-state index is -3.05. The maximum Gasteiger partial charge on any atom is 0.226 e. The highest BCUT2D eigenvalue weighted by Gasteiger charge is 2.37. The lowest BCUT2D eigenvalue weighted by Gasteiger charge is -2.25. The highest BCUT2D eigenvalue weighted by atomic mass is 32.2. The van der Waals surface area contributed by atoms with Crippen LogP contribution in [-0.2, 0) is 14.6 Å². The third-order valence-electron chi connectivity index (χ3n) is 4.98. The SMILES string of the molecule is Cc1nn([C@H]2CCS(=O)(=O)C2)c2c1[C@@H](c1ccc(O)cc1)CC(=O)N2. The Hall–Kier alpha value is -2.35. The fourth-order valence-corrected chi connectivity index (χ4v) is 5.49. The van der Waals surface area contributed by atoms with Gasteiger partial charge in [-0.05, 0) is 31.0 Å². The molecule has 0 aliphatic carbocycles. The van der Waals surface area contributed by atoms with Crippen LogP contribution in [0.3, 0.4) is 0 Å². The van der Waals surface area contributed by atoms with Crippen molar-refractivity contribution in [3.8, 4) is 5.75 Å². The largest absolute Gasteiger partial charge is 0.508 e. The standard InChI is InChI=1S/C17H19N3O4S/c1-10-16-14(11-2-4-13(21)5-3-11)8-15(22)18-17(16)20(19-10)12-6-7-25(23,24)9-12/h2-5,12,14,21H,6-9H2,1H3,(H,18,22)/t12-,14+/m0/s1. The van der Waals surface area contributed by atoms with Crippen molar-refractivity contribution in [1.82, 2.24) is 9.78 Å². The van der Waals surface area contributed by atoms with Gasteiger partial charge in [-0.25, -0.2) is 13.1 Å². The van der Waals surface area contributed by atoms with Crippen LogP contribution in [0.2, 0.25) is 0 Å². The molecule has 4 rings (SSSR count). The number of nitrogens with zero attached hydrogens (tertiary/aromatic N) is 2. The molecule has 2 atom stereocenters. The number of benzene rings is 1. The molecule has 0 unspecified atom stereocenters. The van der Waals surface area contributed by atoms with Gasteiger partial charge in [-0.2, -0.15) is 5.10 Å². The van der Waals surface area contributed by atoms with E-state index in [1.165, 1.54) is 0 Å². The Morgan fingerprint density at radius 1 is 1.28 bits per heavy atom. The first-order chi connectivity index (χ1) is 11.8. The van der Waals surface area contributed by atoms with Crippen molar-refractivity contribution < 1.29 is 18.3 Å². The summed E-state index contributed by atoms with van der Waals surface area (Å²) in [5.74, 6) is 0.714. The second-order valence-electron chi connectivity index (χ2n) is 6.75. The average molecular weight is 361 g/mol. The van der Waals surface area contributed by atoms with E-state index in [-0.39, 0.29) is 35.1 Å². The number of anilines is 1. The predicted molar refractivity (Wildman–Crippen MR) is 92.5 cm³/mol. The number of hydrogen-bond acceptors (Lipinski definition) is 5. The number of amides is 1. The summed E-state index contributed by atoms with van der Waals surface area (Å²) in [6, 6.07) is 6.57. The van der Waals surface area contributed by atoms with Gasteiger partial charge in [-0.15, -0.1) is 0 Å². The van der Waals surface area contributed by atoms with Gasteiger partial charge in [0.15, 0.2) is 9.84 Å². The van der Waals surface area contributed by atoms with Crippen molar-refractivity contribution in [2.24, 2.45) is 0 Å². The zero-order valence-corrected chi connectivity index (χ0v) is 14.6. The number of rotatable bonds is 2. The van der Waals surface area contributed by atoms with Crippen LogP contribution in [0.1, 0.15) is 41.6 Å². The van der Waals surface area contributed by atoms with E-state index >= 15 is 0 Å². The van der Waals surface area contributed by atoms with Crippen molar-refractivity contribution in [1.29, 1.82) is 0 Å². The van der Waals surface area contributed by atoms with Crippen LogP contribution < -0.4 is 5.32 Å². The van der Waals surface area contributed by atoms with E-state index in [0.29, 0.717) is 18.7 Å². The number of aryl methyl sites for hydroxylation is 1. The van der Waals surface area contributed by atoms with E-state index < -0.39 is 9.84 Å². The van der Waals surface area contributed by atoms with Gasteiger partial charge in [0, 0.05) is 17.9 Å². The van der Waals surface area contributed by atoms with Crippen LogP contribution in [0.5, 0.6) is 5.75 Å². The molecule has 3 heterocycles. The summed E-state index contributed by atoms with van der Waals surface area (Å²) >= 11 is 0. The Morgan fingerprint density at radius 2 is 2.00 bits per heavy atom. The number of aromatic nitrogens is 2. The summed E-state index contributed by atoms with van der Waals surface area (Å²) in [5, 5.41) is 16.9. The number of hydrogen-bond donors (Lipinski definition) is 2. The predicted octanol–water partition coefficient (Wildman–Crippen LogP) is 1.73. The van der Waals surface area contributed by atoms with Crippen LogP contribution in [0.4, 0.5) is 5.82 Å². The molecule has 1 amide bonds. The maximum atomic E-state index is 12.3. The van der Waals surface area contributed by atoms with Gasteiger partial charge < -0.3 is 10.4 Å². The molecule has 2 N–H and O–H groups in total. The molecule has 25 heavy (non-hydrogen) atoms. The minimum Gasteiger partial charge on any atom is -0.508 e. The molecule has 7 nitrogen and oxygen atoms in total. The van der Waals surface area contributed by atoms with Crippen molar-refractivity contribution in [3.05, 3.63) is 41.1 Å². The van der Waals surface area contributed by atoms with Crippen molar-refractivity contribution in [2.75, 3.05) is 16.8 Å². The van der Waals surface area contributed by atoms with Crippen molar-refractivity contribution in [2.45, 2.75) is 31.7 Å². The van der Waals surface area contributed by atoms with E-state index in [1.807, 2.05) is 6.92 Å². The summed E-state index contributed by atoms with van der Waals surface area (Å²) in [5.41, 5.74) is 2.64. The van der Waals surface area contributed by atoms with Crippen LogP contribution in [0.25, 0.3) is 0 Å². The molecule has 2 aliphatic rings. The molecule has 1 fully saturated rings. The lowest BCUT2D eigenvalue weighted by Crippen LogP contribution is -2.26. The lowest BCUT2D eigenvalue weighted by atomic mass is 9.86. The van der Waals surface area contributed by atoms with Gasteiger partial charge in [0.2, 0.25) is 5.91 Å². The number of carbonyl (C=O) groups excluding carboxylic acids is 1. The summed E-state index contributed by atoms with van der Waals surface area (Å²) in [6.45, 7) is 1.88. The van der Waals surface area contributed by atoms with Gasteiger partial charge in [-0.3, -0.25) is 4.79 Å². The van der Waals surface area contributed by atoms with E-state index in [0.717, 1.165) is 16.8 Å². The number of phenolic OH excluding ortho intramolecular Hbond substituents is 1. The fourth-order valence-electron chi connectivity index (χ4n) is 3.80. The van der Waals surface area contributed by atoms with E-state index in [2.05, 4.69) is 10.4 Å². The van der Waals surface area contributed by atoms with Gasteiger partial charge in [-0.1, -0.05) is 12.1 Å². The number of phenols is 1. The van der Waals surface area contributed by atoms with Crippen molar-refractivity contribution >= 4 is 21.6 Å². The Balaban J connectivity index is 1.79. The summed E-state index contributed by atoms with van der Waals surface area (Å²) in [4.78, 5) is 12.3. The van der Waals surface area contributed by atoms with E-state index in [1.54, 1.807) is 28.9 Å². The van der Waals surface area contributed by atoms with Crippen molar-refractivity contribution in [3.63, 3.8) is 0 Å². The molecule has 0 spiro atoms. The number of sulfone groups is 1. The Bertz CT molecular complexity index is 947. The highest BCUT2D eigenvalue weighted by Crippen LogP contribution is 2.41. The molecule has 0 saturated carbocycles. The van der Waals surface area contributed by atoms with E-state index in [9.17, 15) is 18.3 Å². The second-order valence-corrected chi connectivity index (χ2v) is 8.97. The van der Waals surface area contributed by atoms with Crippen LogP contribution in [0.15, 0.2) is 24.3 Å². The Labute approximate surface area is 145 Å². The third kappa shape index (κ3) is 2.80. The molecule has 1 aromatic carbocycles.